The zero-order valence-electron chi connectivity index (χ0n) is 17.3. The fourth-order valence-corrected chi connectivity index (χ4v) is 4.15. The highest BCUT2D eigenvalue weighted by atomic mass is 35.5. The Morgan fingerprint density at radius 2 is 1.64 bits per heavy atom. The fraction of sp³-hybridized carbons (Fsp3) is 0.136. The van der Waals surface area contributed by atoms with E-state index in [2.05, 4.69) is 10.0 Å². The van der Waals surface area contributed by atoms with E-state index in [1.54, 1.807) is 24.3 Å². The number of halogens is 4. The van der Waals surface area contributed by atoms with E-state index in [1.807, 2.05) is 6.92 Å². The van der Waals surface area contributed by atoms with Crippen molar-refractivity contribution >= 4 is 38.9 Å². The fourth-order valence-electron chi connectivity index (χ4n) is 2.83. The molecule has 174 valence electrons. The summed E-state index contributed by atoms with van der Waals surface area (Å²) in [4.78, 5) is 12.2. The van der Waals surface area contributed by atoms with Crippen molar-refractivity contribution < 1.29 is 31.1 Å². The Hall–Kier alpha value is -3.24. The number of carbonyl (C=O) groups is 1. The molecular weight excluding hydrogens is 481 g/mol. The quantitative estimate of drug-likeness (QED) is 0.454. The molecule has 0 saturated carbocycles. The molecule has 0 aromatic heterocycles. The Balaban J connectivity index is 1.93. The molecule has 3 aromatic rings. The standard InChI is InChI=1S/C22H18ClF3N2O4S/c1-13-3-5-14(6-4-13)21(29)27-19-12-16(8-10-20(19)32-2)33(30,31)28-18-11-15(22(24,25)26)7-9-17(18)23/h3-12,28H,1-2H3,(H,27,29). The minimum Gasteiger partial charge on any atom is -0.495 e. The van der Waals surface area contributed by atoms with Gasteiger partial charge < -0.3 is 10.1 Å². The number of ether oxygens (including phenoxy) is 1. The SMILES string of the molecule is COc1ccc(S(=O)(=O)Nc2cc(C(F)(F)F)ccc2Cl)cc1NC(=O)c1ccc(C)cc1. The Morgan fingerprint density at radius 3 is 2.24 bits per heavy atom. The summed E-state index contributed by atoms with van der Waals surface area (Å²) in [5.74, 6) is -0.316. The van der Waals surface area contributed by atoms with Crippen LogP contribution in [0.15, 0.2) is 65.6 Å². The van der Waals surface area contributed by atoms with Gasteiger partial charge in [-0.25, -0.2) is 8.42 Å². The van der Waals surface area contributed by atoms with Crippen molar-refractivity contribution in [3.05, 3.63) is 82.4 Å². The van der Waals surface area contributed by atoms with Crippen LogP contribution in [0.25, 0.3) is 0 Å². The van der Waals surface area contributed by atoms with E-state index in [0.717, 1.165) is 23.8 Å². The van der Waals surface area contributed by atoms with Crippen LogP contribution in [0.2, 0.25) is 5.02 Å². The molecule has 0 spiro atoms. The average molecular weight is 499 g/mol. The van der Waals surface area contributed by atoms with E-state index in [9.17, 15) is 26.4 Å². The van der Waals surface area contributed by atoms with Gasteiger partial charge in [0.2, 0.25) is 0 Å². The molecule has 0 unspecified atom stereocenters. The van der Waals surface area contributed by atoms with Crippen LogP contribution in [0.4, 0.5) is 24.5 Å². The summed E-state index contributed by atoms with van der Waals surface area (Å²) >= 11 is 5.90. The maximum atomic E-state index is 13.0. The van der Waals surface area contributed by atoms with Crippen molar-refractivity contribution in [1.29, 1.82) is 0 Å². The number of amides is 1. The molecule has 6 nitrogen and oxygen atoms in total. The van der Waals surface area contributed by atoms with Gasteiger partial charge in [-0.15, -0.1) is 0 Å². The smallest absolute Gasteiger partial charge is 0.416 e. The first kappa shape index (κ1) is 24.4. The van der Waals surface area contributed by atoms with Gasteiger partial charge >= 0.3 is 6.18 Å². The summed E-state index contributed by atoms with van der Waals surface area (Å²) in [5, 5.41) is 2.37. The topological polar surface area (TPSA) is 84.5 Å². The van der Waals surface area contributed by atoms with E-state index in [0.29, 0.717) is 11.6 Å². The van der Waals surface area contributed by atoms with Gasteiger partial charge in [0, 0.05) is 5.56 Å². The molecule has 0 bridgehead atoms. The number of nitrogens with one attached hydrogen (secondary N) is 2. The Labute approximate surface area is 193 Å². The van der Waals surface area contributed by atoms with Crippen molar-refractivity contribution in [3.63, 3.8) is 0 Å². The summed E-state index contributed by atoms with van der Waals surface area (Å²) in [7, 11) is -3.02. The van der Waals surface area contributed by atoms with E-state index in [1.165, 1.54) is 19.2 Å². The van der Waals surface area contributed by atoms with Crippen LogP contribution in [0.5, 0.6) is 5.75 Å². The summed E-state index contributed by atoms with van der Waals surface area (Å²) in [6, 6.07) is 12.6. The maximum Gasteiger partial charge on any atom is 0.416 e. The molecule has 0 aliphatic rings. The first-order chi connectivity index (χ1) is 15.4. The second kappa shape index (κ2) is 9.32. The van der Waals surface area contributed by atoms with Crippen molar-refractivity contribution in [2.45, 2.75) is 18.0 Å². The molecule has 3 aromatic carbocycles. The van der Waals surface area contributed by atoms with E-state index >= 15 is 0 Å². The van der Waals surface area contributed by atoms with Crippen LogP contribution in [0.1, 0.15) is 21.5 Å². The number of alkyl halides is 3. The number of benzene rings is 3. The molecule has 0 saturated heterocycles. The normalized spacial score (nSPS) is 11.7. The van der Waals surface area contributed by atoms with E-state index < -0.39 is 33.4 Å². The lowest BCUT2D eigenvalue weighted by molar-refractivity contribution is -0.137. The number of rotatable bonds is 6. The number of aryl methyl sites for hydroxylation is 1. The molecule has 2 N–H and O–H groups in total. The highest BCUT2D eigenvalue weighted by Gasteiger charge is 2.31. The summed E-state index contributed by atoms with van der Waals surface area (Å²) < 4.78 is 72.0. The molecule has 33 heavy (non-hydrogen) atoms. The minimum atomic E-state index is -4.68. The highest BCUT2D eigenvalue weighted by Crippen LogP contribution is 2.35. The number of hydrogen-bond donors (Lipinski definition) is 2. The predicted octanol–water partition coefficient (Wildman–Crippen LogP) is 5.73. The third-order valence-electron chi connectivity index (χ3n) is 4.58. The second-order valence-corrected chi connectivity index (χ2v) is 9.07. The van der Waals surface area contributed by atoms with Crippen molar-refractivity contribution in [2.75, 3.05) is 17.1 Å². The third-order valence-corrected chi connectivity index (χ3v) is 6.27. The van der Waals surface area contributed by atoms with Gasteiger partial charge in [-0.2, -0.15) is 13.2 Å². The molecule has 0 aliphatic heterocycles. The van der Waals surface area contributed by atoms with Gasteiger partial charge in [0.05, 0.1) is 34.0 Å². The first-order valence-corrected chi connectivity index (χ1v) is 11.2. The van der Waals surface area contributed by atoms with Crippen molar-refractivity contribution in [1.82, 2.24) is 0 Å². The summed E-state index contributed by atoms with van der Waals surface area (Å²) in [6.45, 7) is 1.86. The van der Waals surface area contributed by atoms with Crippen LogP contribution in [-0.4, -0.2) is 21.4 Å². The lowest BCUT2D eigenvalue weighted by Crippen LogP contribution is -2.16. The number of carbonyl (C=O) groups excluding carboxylic acids is 1. The van der Waals surface area contributed by atoms with E-state index in [-0.39, 0.29) is 21.4 Å². The third kappa shape index (κ3) is 5.77. The lowest BCUT2D eigenvalue weighted by atomic mass is 10.1. The highest BCUT2D eigenvalue weighted by molar-refractivity contribution is 7.92. The largest absolute Gasteiger partial charge is 0.495 e. The van der Waals surface area contributed by atoms with Crippen LogP contribution >= 0.6 is 11.6 Å². The monoisotopic (exact) mass is 498 g/mol. The van der Waals surface area contributed by atoms with Crippen LogP contribution < -0.4 is 14.8 Å². The van der Waals surface area contributed by atoms with Gasteiger partial charge in [-0.1, -0.05) is 29.3 Å². The number of hydrogen-bond acceptors (Lipinski definition) is 4. The average Bonchev–Trinajstić information content (AvgIpc) is 2.74. The summed E-state index contributed by atoms with van der Waals surface area (Å²) in [5.41, 5.74) is -0.152. The molecule has 3 rings (SSSR count). The lowest BCUT2D eigenvalue weighted by Gasteiger charge is -2.15. The predicted molar refractivity (Wildman–Crippen MR) is 119 cm³/mol. The zero-order chi connectivity index (χ0) is 24.4. The molecule has 0 heterocycles. The summed E-state index contributed by atoms with van der Waals surface area (Å²) in [6.07, 6.45) is -4.68. The molecule has 1 amide bonds. The molecule has 0 atom stereocenters. The van der Waals surface area contributed by atoms with Crippen molar-refractivity contribution in [3.8, 4) is 5.75 Å². The molecule has 0 aliphatic carbocycles. The van der Waals surface area contributed by atoms with Gasteiger partial charge in [0.25, 0.3) is 15.9 Å². The molecule has 11 heteroatoms. The molecular formula is C22H18ClF3N2O4S. The van der Waals surface area contributed by atoms with Gasteiger partial charge in [-0.3, -0.25) is 9.52 Å². The van der Waals surface area contributed by atoms with Gasteiger partial charge in [-0.05, 0) is 55.5 Å². The van der Waals surface area contributed by atoms with Crippen LogP contribution in [-0.2, 0) is 16.2 Å². The Morgan fingerprint density at radius 1 is 0.970 bits per heavy atom. The molecule has 0 radical (unpaired) electrons. The number of methoxy groups -OCH3 is 1. The Kier molecular flexibility index (Phi) is 6.89. The first-order valence-electron chi connectivity index (χ1n) is 9.36. The van der Waals surface area contributed by atoms with Crippen LogP contribution in [0, 0.1) is 6.92 Å². The van der Waals surface area contributed by atoms with E-state index in [4.69, 9.17) is 16.3 Å². The Bertz CT molecular complexity index is 1290. The minimum absolute atomic E-state index is 0.0566. The molecule has 0 fully saturated rings. The van der Waals surface area contributed by atoms with Crippen LogP contribution in [0.3, 0.4) is 0 Å². The van der Waals surface area contributed by atoms with Gasteiger partial charge in [0.1, 0.15) is 5.75 Å². The maximum absolute atomic E-state index is 13.0. The zero-order valence-corrected chi connectivity index (χ0v) is 18.9. The number of sulfonamides is 1. The second-order valence-electron chi connectivity index (χ2n) is 6.98. The van der Waals surface area contributed by atoms with Crippen molar-refractivity contribution in [2.24, 2.45) is 0 Å². The number of anilines is 2. The van der Waals surface area contributed by atoms with Gasteiger partial charge in [0.15, 0.2) is 0 Å².